The maximum absolute atomic E-state index is 12.2. The van der Waals surface area contributed by atoms with E-state index in [0.29, 0.717) is 23.4 Å². The Bertz CT molecular complexity index is 595. The van der Waals surface area contributed by atoms with Gasteiger partial charge in [0.1, 0.15) is 5.75 Å². The van der Waals surface area contributed by atoms with Crippen molar-refractivity contribution in [3.63, 3.8) is 0 Å². The van der Waals surface area contributed by atoms with E-state index in [-0.39, 0.29) is 24.5 Å². The Morgan fingerprint density at radius 3 is 2.74 bits per heavy atom. The van der Waals surface area contributed by atoms with Gasteiger partial charge in [0.2, 0.25) is 10.0 Å². The normalized spacial score (nSPS) is 15.3. The van der Waals surface area contributed by atoms with Crippen molar-refractivity contribution in [2.24, 2.45) is 0 Å². The second-order valence-electron chi connectivity index (χ2n) is 4.44. The van der Waals surface area contributed by atoms with Crippen molar-refractivity contribution in [1.82, 2.24) is 0 Å². The van der Waals surface area contributed by atoms with E-state index in [1.165, 1.54) is 11.4 Å². The van der Waals surface area contributed by atoms with Crippen molar-refractivity contribution < 1.29 is 17.9 Å². The maximum Gasteiger partial charge on any atom is 0.235 e. The molecule has 1 aliphatic heterocycles. The van der Waals surface area contributed by atoms with Gasteiger partial charge in [-0.05, 0) is 18.6 Å². The van der Waals surface area contributed by atoms with Crippen LogP contribution in [0.3, 0.4) is 0 Å². The second-order valence-corrected chi connectivity index (χ2v) is 6.46. The van der Waals surface area contributed by atoms with Crippen molar-refractivity contribution in [3.8, 4) is 5.75 Å². The molecule has 0 amide bonds. The molecular weight excluding hydrogens is 266 g/mol. The zero-order valence-corrected chi connectivity index (χ0v) is 11.9. The molecule has 1 aromatic carbocycles. The van der Waals surface area contributed by atoms with Gasteiger partial charge in [0.05, 0.1) is 18.6 Å². The lowest BCUT2D eigenvalue weighted by Crippen LogP contribution is -2.38. The zero-order chi connectivity index (χ0) is 14.0. The number of carbonyl (C=O) groups is 1. The van der Waals surface area contributed by atoms with Gasteiger partial charge in [-0.2, -0.15) is 0 Å². The average molecular weight is 283 g/mol. The first-order valence-electron chi connectivity index (χ1n) is 6.21. The summed E-state index contributed by atoms with van der Waals surface area (Å²) in [6.45, 7) is 2.03. The van der Waals surface area contributed by atoms with Gasteiger partial charge in [0, 0.05) is 24.6 Å². The lowest BCUT2D eigenvalue weighted by molar-refractivity contribution is 0.0982. The molecule has 2 rings (SSSR count). The Morgan fingerprint density at radius 1 is 1.37 bits per heavy atom. The van der Waals surface area contributed by atoms with Crippen LogP contribution in [0.5, 0.6) is 5.75 Å². The average Bonchev–Trinajstić information content (AvgIpc) is 2.38. The number of anilines is 1. The largest absolute Gasteiger partial charge is 0.497 e. The third kappa shape index (κ3) is 2.58. The van der Waals surface area contributed by atoms with E-state index < -0.39 is 10.0 Å². The highest BCUT2D eigenvalue weighted by Crippen LogP contribution is 2.32. The number of rotatable bonds is 4. The molecule has 5 nitrogen and oxygen atoms in total. The number of methoxy groups -OCH3 is 1. The number of fused-ring (bicyclic) bond motifs is 1. The first kappa shape index (κ1) is 13.9. The molecule has 0 aromatic heterocycles. The van der Waals surface area contributed by atoms with Crippen LogP contribution in [0.25, 0.3) is 0 Å². The van der Waals surface area contributed by atoms with Gasteiger partial charge in [0.15, 0.2) is 5.78 Å². The van der Waals surface area contributed by atoms with Gasteiger partial charge in [-0.1, -0.05) is 6.92 Å². The van der Waals surface area contributed by atoms with Crippen LogP contribution in [0.4, 0.5) is 5.69 Å². The highest BCUT2D eigenvalue weighted by Gasteiger charge is 2.30. The molecule has 0 saturated carbocycles. The number of hydrogen-bond donors (Lipinski definition) is 0. The molecular formula is C13H17NO4S. The van der Waals surface area contributed by atoms with Crippen LogP contribution >= 0.6 is 0 Å². The number of nitrogens with zero attached hydrogens (tertiary/aromatic N) is 1. The Hall–Kier alpha value is -1.56. The van der Waals surface area contributed by atoms with Crippen LogP contribution in [0.1, 0.15) is 30.1 Å². The van der Waals surface area contributed by atoms with Gasteiger partial charge in [-0.25, -0.2) is 8.42 Å². The topological polar surface area (TPSA) is 63.7 Å². The van der Waals surface area contributed by atoms with E-state index in [2.05, 4.69) is 0 Å². The summed E-state index contributed by atoms with van der Waals surface area (Å²) in [5.41, 5.74) is 0.885. The molecule has 0 aliphatic carbocycles. The van der Waals surface area contributed by atoms with Gasteiger partial charge >= 0.3 is 0 Å². The summed E-state index contributed by atoms with van der Waals surface area (Å²) >= 11 is 0. The Morgan fingerprint density at radius 2 is 2.11 bits per heavy atom. The van der Waals surface area contributed by atoms with Crippen molar-refractivity contribution in [2.45, 2.75) is 19.8 Å². The van der Waals surface area contributed by atoms with E-state index in [1.54, 1.807) is 18.2 Å². The minimum Gasteiger partial charge on any atom is -0.497 e. The summed E-state index contributed by atoms with van der Waals surface area (Å²) in [5.74, 6) is 0.600. The molecule has 0 unspecified atom stereocenters. The quantitative estimate of drug-likeness (QED) is 0.845. The summed E-state index contributed by atoms with van der Waals surface area (Å²) in [6, 6.07) is 4.91. The van der Waals surface area contributed by atoms with Crippen LogP contribution in [-0.2, 0) is 10.0 Å². The summed E-state index contributed by atoms with van der Waals surface area (Å²) in [6.07, 6.45) is 0.772. The van der Waals surface area contributed by atoms with Crippen molar-refractivity contribution in [2.75, 3.05) is 23.7 Å². The molecule has 6 heteroatoms. The summed E-state index contributed by atoms with van der Waals surface area (Å²) in [5, 5.41) is 0. The summed E-state index contributed by atoms with van der Waals surface area (Å²) in [7, 11) is -1.86. The van der Waals surface area contributed by atoms with E-state index >= 15 is 0 Å². The van der Waals surface area contributed by atoms with Gasteiger partial charge in [-0.3, -0.25) is 9.10 Å². The SMILES string of the molecule is CCCS(=O)(=O)N1CCC(=O)c2ccc(OC)cc21. The standard InChI is InChI=1S/C13H17NO4S/c1-3-8-19(16,17)14-7-6-13(15)11-5-4-10(18-2)9-12(11)14/h4-5,9H,3,6-8H2,1-2H3. The number of sulfonamides is 1. The lowest BCUT2D eigenvalue weighted by atomic mass is 10.0. The second kappa shape index (κ2) is 5.21. The summed E-state index contributed by atoms with van der Waals surface area (Å²) in [4.78, 5) is 11.9. The highest BCUT2D eigenvalue weighted by atomic mass is 32.2. The molecule has 0 saturated heterocycles. The molecule has 0 fully saturated rings. The fraction of sp³-hybridized carbons (Fsp3) is 0.462. The molecule has 0 spiro atoms. The van der Waals surface area contributed by atoms with E-state index in [1.807, 2.05) is 6.92 Å². The van der Waals surface area contributed by atoms with Crippen LogP contribution < -0.4 is 9.04 Å². The first-order valence-corrected chi connectivity index (χ1v) is 7.82. The number of carbonyl (C=O) groups excluding carboxylic acids is 1. The molecule has 1 aliphatic rings. The van der Waals surface area contributed by atoms with Crippen molar-refractivity contribution in [1.29, 1.82) is 0 Å². The maximum atomic E-state index is 12.2. The first-order chi connectivity index (χ1) is 8.99. The van der Waals surface area contributed by atoms with Gasteiger partial charge in [-0.15, -0.1) is 0 Å². The van der Waals surface area contributed by atoms with Gasteiger partial charge < -0.3 is 4.74 Å². The van der Waals surface area contributed by atoms with E-state index in [0.717, 1.165) is 0 Å². The zero-order valence-electron chi connectivity index (χ0n) is 11.0. The lowest BCUT2D eigenvalue weighted by Gasteiger charge is -2.29. The predicted octanol–water partition coefficient (Wildman–Crippen LogP) is 1.83. The van der Waals surface area contributed by atoms with E-state index in [9.17, 15) is 13.2 Å². The fourth-order valence-electron chi connectivity index (χ4n) is 2.20. The van der Waals surface area contributed by atoms with Crippen molar-refractivity contribution >= 4 is 21.5 Å². The minimum atomic E-state index is -3.37. The fourth-order valence-corrected chi connectivity index (χ4v) is 3.75. The third-order valence-electron chi connectivity index (χ3n) is 3.11. The predicted molar refractivity (Wildman–Crippen MR) is 73.4 cm³/mol. The number of hydrogen-bond acceptors (Lipinski definition) is 4. The molecule has 0 radical (unpaired) electrons. The highest BCUT2D eigenvalue weighted by molar-refractivity contribution is 7.92. The molecule has 1 heterocycles. The molecule has 1 aromatic rings. The Kier molecular flexibility index (Phi) is 3.80. The van der Waals surface area contributed by atoms with Crippen LogP contribution in [0.15, 0.2) is 18.2 Å². The number of Topliss-reactive ketones (excluding diaryl/α,β-unsaturated/α-hetero) is 1. The molecule has 104 valence electrons. The molecule has 0 atom stereocenters. The Balaban J connectivity index is 2.52. The van der Waals surface area contributed by atoms with E-state index in [4.69, 9.17) is 4.74 Å². The number of ether oxygens (including phenoxy) is 1. The molecule has 19 heavy (non-hydrogen) atoms. The Labute approximate surface area is 113 Å². The summed E-state index contributed by atoms with van der Waals surface area (Å²) < 4.78 is 30.9. The third-order valence-corrected chi connectivity index (χ3v) is 5.09. The van der Waals surface area contributed by atoms with Crippen LogP contribution in [0.2, 0.25) is 0 Å². The van der Waals surface area contributed by atoms with Crippen LogP contribution in [0, 0.1) is 0 Å². The van der Waals surface area contributed by atoms with Crippen LogP contribution in [-0.4, -0.2) is 33.6 Å². The van der Waals surface area contributed by atoms with Crippen molar-refractivity contribution in [3.05, 3.63) is 23.8 Å². The molecule has 0 N–H and O–H groups in total. The minimum absolute atomic E-state index is 0.0272. The number of ketones is 1. The molecule has 0 bridgehead atoms. The smallest absolute Gasteiger partial charge is 0.235 e. The number of benzene rings is 1. The van der Waals surface area contributed by atoms with Gasteiger partial charge in [0.25, 0.3) is 0 Å². The monoisotopic (exact) mass is 283 g/mol.